The lowest BCUT2D eigenvalue weighted by Gasteiger charge is -2.06. The van der Waals surface area contributed by atoms with Crippen LogP contribution in [0.15, 0.2) is 0 Å². The molecule has 0 aromatic rings. The molecule has 0 bridgehead atoms. The quantitative estimate of drug-likeness (QED) is 0.519. The van der Waals surface area contributed by atoms with Gasteiger partial charge in [-0.05, 0) is 34.1 Å². The van der Waals surface area contributed by atoms with Crippen LogP contribution in [0.2, 0.25) is 0 Å². The van der Waals surface area contributed by atoms with E-state index in [2.05, 4.69) is 0 Å². The Labute approximate surface area is 97.7 Å². The third-order valence-corrected chi connectivity index (χ3v) is 1.40. The molecule has 0 aliphatic heterocycles. The summed E-state index contributed by atoms with van der Waals surface area (Å²) in [7, 11) is 0. The van der Waals surface area contributed by atoms with Gasteiger partial charge in [0.1, 0.15) is 0 Å². The van der Waals surface area contributed by atoms with Crippen molar-refractivity contribution in [2.24, 2.45) is 0 Å². The summed E-state index contributed by atoms with van der Waals surface area (Å²) in [6.45, 7) is 7.19. The first kappa shape index (κ1) is 18.2. The van der Waals surface area contributed by atoms with E-state index in [9.17, 15) is 0 Å². The summed E-state index contributed by atoms with van der Waals surface area (Å²) in [5.74, 6) is 0. The minimum Gasteiger partial charge on any atom is -0.393 e. The fraction of sp³-hybridized carbons (Fsp3) is 1.00. The second-order valence-electron chi connectivity index (χ2n) is 4.17. The largest absolute Gasteiger partial charge is 0.393 e. The topological polar surface area (TPSA) is 90.2 Å². The molecular formula is C11H26O5. The Kier molecular flexibility index (Phi) is 12.8. The molecule has 0 spiro atoms. The highest BCUT2D eigenvalue weighted by Crippen LogP contribution is 1.93. The third-order valence-electron chi connectivity index (χ3n) is 1.40. The van der Waals surface area contributed by atoms with Crippen LogP contribution in [-0.4, -0.2) is 58.1 Å². The normalized spacial score (nSPS) is 18.0. The Morgan fingerprint density at radius 2 is 1.00 bits per heavy atom. The molecule has 0 aliphatic rings. The van der Waals surface area contributed by atoms with E-state index in [1.165, 1.54) is 0 Å². The van der Waals surface area contributed by atoms with E-state index in [-0.39, 0.29) is 12.2 Å². The molecule has 0 aliphatic carbocycles. The number of ether oxygens (including phenoxy) is 1. The molecular weight excluding hydrogens is 212 g/mol. The molecule has 4 N–H and O–H groups in total. The lowest BCUT2D eigenvalue weighted by atomic mass is 10.2. The van der Waals surface area contributed by atoms with Gasteiger partial charge in [-0.25, -0.2) is 0 Å². The van der Waals surface area contributed by atoms with Crippen LogP contribution >= 0.6 is 0 Å². The summed E-state index contributed by atoms with van der Waals surface area (Å²) >= 11 is 0. The van der Waals surface area contributed by atoms with Crippen molar-refractivity contribution in [3.8, 4) is 0 Å². The van der Waals surface area contributed by atoms with Crippen LogP contribution in [0.4, 0.5) is 0 Å². The van der Waals surface area contributed by atoms with Crippen LogP contribution < -0.4 is 0 Å². The van der Waals surface area contributed by atoms with Crippen molar-refractivity contribution in [3.05, 3.63) is 0 Å². The van der Waals surface area contributed by atoms with Crippen molar-refractivity contribution in [2.45, 2.75) is 58.5 Å². The van der Waals surface area contributed by atoms with Crippen LogP contribution in [0, 0.1) is 0 Å². The molecule has 4 unspecified atom stereocenters. The van der Waals surface area contributed by atoms with Gasteiger partial charge in [0.15, 0.2) is 0 Å². The zero-order valence-electron chi connectivity index (χ0n) is 10.6. The maximum absolute atomic E-state index is 8.66. The maximum Gasteiger partial charge on any atom is 0.0745 e. The van der Waals surface area contributed by atoms with Gasteiger partial charge in [-0.15, -0.1) is 0 Å². The van der Waals surface area contributed by atoms with Crippen LogP contribution in [0.25, 0.3) is 0 Å². The molecule has 0 heterocycles. The Balaban J connectivity index is 0. The van der Waals surface area contributed by atoms with Gasteiger partial charge in [-0.2, -0.15) is 0 Å². The van der Waals surface area contributed by atoms with E-state index >= 15 is 0 Å². The Morgan fingerprint density at radius 1 is 0.688 bits per heavy atom. The molecule has 16 heavy (non-hydrogen) atoms. The zero-order chi connectivity index (χ0) is 13.1. The van der Waals surface area contributed by atoms with E-state index in [1.54, 1.807) is 27.7 Å². The Hall–Kier alpha value is -0.200. The number of aliphatic hydroxyl groups is 4. The second-order valence-corrected chi connectivity index (χ2v) is 4.17. The molecule has 0 saturated carbocycles. The molecule has 0 aromatic carbocycles. The van der Waals surface area contributed by atoms with Crippen LogP contribution in [0.1, 0.15) is 34.1 Å². The van der Waals surface area contributed by atoms with Crippen molar-refractivity contribution >= 4 is 0 Å². The maximum atomic E-state index is 8.66. The highest BCUT2D eigenvalue weighted by Gasteiger charge is 1.99. The Bertz CT molecular complexity index is 120. The molecule has 0 saturated heterocycles. The van der Waals surface area contributed by atoms with Gasteiger partial charge in [-0.3, -0.25) is 0 Å². The number of hydrogen-bond acceptors (Lipinski definition) is 5. The highest BCUT2D eigenvalue weighted by atomic mass is 16.5. The van der Waals surface area contributed by atoms with Crippen molar-refractivity contribution in [1.29, 1.82) is 0 Å². The summed E-state index contributed by atoms with van der Waals surface area (Å²) in [5, 5.41) is 34.4. The van der Waals surface area contributed by atoms with Gasteiger partial charge in [0.25, 0.3) is 0 Å². The average molecular weight is 238 g/mol. The summed E-state index contributed by atoms with van der Waals surface area (Å²) in [6, 6.07) is 0. The number of aliphatic hydroxyl groups excluding tert-OH is 4. The molecule has 0 fully saturated rings. The minimum atomic E-state index is -0.441. The minimum absolute atomic E-state index is 0.297. The average Bonchev–Trinajstić information content (AvgIpc) is 2.00. The lowest BCUT2D eigenvalue weighted by molar-refractivity contribution is 0.00392. The van der Waals surface area contributed by atoms with Gasteiger partial charge in [0.2, 0.25) is 0 Å². The van der Waals surface area contributed by atoms with Gasteiger partial charge in [0.05, 0.1) is 37.6 Å². The van der Waals surface area contributed by atoms with Gasteiger partial charge in [-0.1, -0.05) is 0 Å². The standard InChI is InChI=1S/C6H14O3.C5H12O2/c1-5(7)3-9-4-6(2)8;1-4(6)3-5(2)7/h5-8H,3-4H2,1-2H3;4-7H,3H2,1-2H3. The van der Waals surface area contributed by atoms with Crippen molar-refractivity contribution < 1.29 is 25.2 Å². The van der Waals surface area contributed by atoms with E-state index in [1.807, 2.05) is 0 Å². The summed E-state index contributed by atoms with van der Waals surface area (Å²) < 4.78 is 4.86. The highest BCUT2D eigenvalue weighted by molar-refractivity contribution is 4.51. The lowest BCUT2D eigenvalue weighted by Crippen LogP contribution is -2.16. The molecule has 0 radical (unpaired) electrons. The first-order valence-corrected chi connectivity index (χ1v) is 5.55. The summed E-state index contributed by atoms with van der Waals surface area (Å²) in [4.78, 5) is 0. The predicted molar refractivity (Wildman–Crippen MR) is 62.2 cm³/mol. The summed E-state index contributed by atoms with van der Waals surface area (Å²) in [6.07, 6.45) is -1.16. The van der Waals surface area contributed by atoms with Gasteiger partial charge >= 0.3 is 0 Å². The van der Waals surface area contributed by atoms with Gasteiger partial charge in [0, 0.05) is 0 Å². The third kappa shape index (κ3) is 23.5. The monoisotopic (exact) mass is 238 g/mol. The van der Waals surface area contributed by atoms with E-state index in [0.717, 1.165) is 0 Å². The SMILES string of the molecule is CC(O)CC(C)O.CC(O)COCC(C)O. The van der Waals surface area contributed by atoms with Gasteiger partial charge < -0.3 is 25.2 Å². The molecule has 0 aromatic heterocycles. The van der Waals surface area contributed by atoms with Crippen LogP contribution in [-0.2, 0) is 4.74 Å². The van der Waals surface area contributed by atoms with E-state index in [0.29, 0.717) is 19.6 Å². The zero-order valence-corrected chi connectivity index (χ0v) is 10.6. The Morgan fingerprint density at radius 3 is 1.12 bits per heavy atom. The molecule has 0 rings (SSSR count). The van der Waals surface area contributed by atoms with Crippen molar-refractivity contribution in [1.82, 2.24) is 0 Å². The predicted octanol–water partition coefficient (Wildman–Crippen LogP) is -0.0973. The molecule has 5 heteroatoms. The second kappa shape index (κ2) is 11.3. The fourth-order valence-corrected chi connectivity index (χ4v) is 0.903. The van der Waals surface area contributed by atoms with E-state index in [4.69, 9.17) is 25.2 Å². The first-order chi connectivity index (χ1) is 7.25. The van der Waals surface area contributed by atoms with E-state index < -0.39 is 12.2 Å². The molecule has 100 valence electrons. The number of hydrogen-bond donors (Lipinski definition) is 4. The van der Waals surface area contributed by atoms with Crippen molar-refractivity contribution in [2.75, 3.05) is 13.2 Å². The smallest absolute Gasteiger partial charge is 0.0745 e. The molecule has 5 nitrogen and oxygen atoms in total. The molecule has 4 atom stereocenters. The first-order valence-electron chi connectivity index (χ1n) is 5.55. The molecule has 0 amide bonds. The van der Waals surface area contributed by atoms with Crippen LogP contribution in [0.3, 0.4) is 0 Å². The number of rotatable bonds is 6. The summed E-state index contributed by atoms with van der Waals surface area (Å²) in [5.41, 5.74) is 0. The van der Waals surface area contributed by atoms with Crippen molar-refractivity contribution in [3.63, 3.8) is 0 Å². The van der Waals surface area contributed by atoms with Crippen LogP contribution in [0.5, 0.6) is 0 Å². The fourth-order valence-electron chi connectivity index (χ4n) is 0.903.